The van der Waals surface area contributed by atoms with Crippen molar-refractivity contribution in [3.8, 4) is 0 Å². The highest BCUT2D eigenvalue weighted by molar-refractivity contribution is 5.98. The molecule has 2 aliphatic carbocycles. The third-order valence-corrected chi connectivity index (χ3v) is 4.58. The van der Waals surface area contributed by atoms with Crippen molar-refractivity contribution in [2.24, 2.45) is 5.41 Å². The van der Waals surface area contributed by atoms with Crippen LogP contribution in [0.2, 0.25) is 0 Å². The zero-order chi connectivity index (χ0) is 12.8. The molecular formula is C17H22O. The SMILES string of the molecule is CC1(C)CCc2cc3c(cc2C(=O)C1)CCCC3. The van der Waals surface area contributed by atoms with Crippen molar-refractivity contribution in [3.05, 3.63) is 34.4 Å². The van der Waals surface area contributed by atoms with Gasteiger partial charge in [0, 0.05) is 12.0 Å². The largest absolute Gasteiger partial charge is 0.294 e. The standard InChI is InChI=1S/C17H22O/c1-17(2)8-7-14-9-12-5-3-4-6-13(12)10-15(14)16(18)11-17/h9-10H,3-8,11H2,1-2H3. The number of carbonyl (C=O) groups excluding carboxylic acids is 1. The van der Waals surface area contributed by atoms with Gasteiger partial charge in [0.1, 0.15) is 0 Å². The summed E-state index contributed by atoms with van der Waals surface area (Å²) in [6.07, 6.45) is 7.88. The minimum absolute atomic E-state index is 0.163. The number of carbonyl (C=O) groups is 1. The first-order valence-electron chi connectivity index (χ1n) is 7.23. The average Bonchev–Trinajstić information content (AvgIpc) is 2.44. The minimum atomic E-state index is 0.163. The van der Waals surface area contributed by atoms with E-state index in [4.69, 9.17) is 0 Å². The molecule has 1 aromatic carbocycles. The topological polar surface area (TPSA) is 17.1 Å². The van der Waals surface area contributed by atoms with Crippen LogP contribution < -0.4 is 0 Å². The molecule has 0 fully saturated rings. The molecule has 96 valence electrons. The lowest BCUT2D eigenvalue weighted by atomic mass is 9.84. The first-order chi connectivity index (χ1) is 8.55. The molecule has 0 heterocycles. The summed E-state index contributed by atoms with van der Waals surface area (Å²) in [5.74, 6) is 0.362. The van der Waals surface area contributed by atoms with Gasteiger partial charge in [-0.05, 0) is 66.7 Å². The number of Topliss-reactive ketones (excluding diaryl/α,β-unsaturated/α-hetero) is 1. The first-order valence-corrected chi connectivity index (χ1v) is 7.23. The second-order valence-electron chi connectivity index (χ2n) is 6.75. The van der Waals surface area contributed by atoms with Crippen LogP contribution in [0.1, 0.15) is 66.6 Å². The summed E-state index contributed by atoms with van der Waals surface area (Å²) in [5, 5.41) is 0. The maximum absolute atomic E-state index is 12.4. The predicted molar refractivity (Wildman–Crippen MR) is 74.1 cm³/mol. The number of ketones is 1. The van der Waals surface area contributed by atoms with Crippen LogP contribution in [-0.4, -0.2) is 5.78 Å². The summed E-state index contributed by atoms with van der Waals surface area (Å²) in [7, 11) is 0. The Morgan fingerprint density at radius 3 is 2.33 bits per heavy atom. The Bertz CT molecular complexity index is 497. The zero-order valence-electron chi connectivity index (χ0n) is 11.5. The number of benzene rings is 1. The fourth-order valence-electron chi connectivity index (χ4n) is 3.39. The van der Waals surface area contributed by atoms with Crippen LogP contribution in [0.5, 0.6) is 0 Å². The lowest BCUT2D eigenvalue weighted by Crippen LogP contribution is -2.15. The lowest BCUT2D eigenvalue weighted by molar-refractivity contribution is 0.0934. The smallest absolute Gasteiger partial charge is 0.163 e. The van der Waals surface area contributed by atoms with E-state index < -0.39 is 0 Å². The van der Waals surface area contributed by atoms with Crippen LogP contribution in [-0.2, 0) is 19.3 Å². The first kappa shape index (κ1) is 12.0. The fourth-order valence-corrected chi connectivity index (χ4v) is 3.39. The Hall–Kier alpha value is -1.11. The number of rotatable bonds is 0. The van der Waals surface area contributed by atoms with Crippen LogP contribution in [0.4, 0.5) is 0 Å². The molecule has 0 saturated carbocycles. The van der Waals surface area contributed by atoms with E-state index in [-0.39, 0.29) is 5.41 Å². The number of fused-ring (bicyclic) bond motifs is 2. The second kappa shape index (κ2) is 4.22. The molecule has 0 saturated heterocycles. The van der Waals surface area contributed by atoms with Crippen molar-refractivity contribution in [2.45, 2.75) is 58.8 Å². The van der Waals surface area contributed by atoms with Crippen LogP contribution in [0.25, 0.3) is 0 Å². The Labute approximate surface area is 110 Å². The van der Waals surface area contributed by atoms with Crippen molar-refractivity contribution in [3.63, 3.8) is 0 Å². The maximum atomic E-state index is 12.4. The van der Waals surface area contributed by atoms with Crippen molar-refractivity contribution in [1.29, 1.82) is 0 Å². The number of hydrogen-bond acceptors (Lipinski definition) is 1. The molecule has 1 heteroatoms. The van der Waals surface area contributed by atoms with Crippen molar-refractivity contribution in [1.82, 2.24) is 0 Å². The van der Waals surface area contributed by atoms with Gasteiger partial charge in [0.2, 0.25) is 0 Å². The van der Waals surface area contributed by atoms with Crippen molar-refractivity contribution < 1.29 is 4.79 Å². The van der Waals surface area contributed by atoms with E-state index in [0.717, 1.165) is 18.4 Å². The van der Waals surface area contributed by atoms with Crippen LogP contribution in [0, 0.1) is 5.41 Å². The van der Waals surface area contributed by atoms with E-state index in [9.17, 15) is 4.79 Å². The molecule has 3 rings (SSSR count). The van der Waals surface area contributed by atoms with Gasteiger partial charge in [0.25, 0.3) is 0 Å². The Balaban J connectivity index is 2.05. The van der Waals surface area contributed by atoms with Crippen LogP contribution in [0.3, 0.4) is 0 Å². The van der Waals surface area contributed by atoms with Gasteiger partial charge in [-0.1, -0.05) is 19.9 Å². The predicted octanol–water partition coefficient (Wildman–Crippen LogP) is 4.11. The summed E-state index contributed by atoms with van der Waals surface area (Å²) in [6, 6.07) is 4.55. The summed E-state index contributed by atoms with van der Waals surface area (Å²) < 4.78 is 0. The maximum Gasteiger partial charge on any atom is 0.163 e. The third kappa shape index (κ3) is 2.11. The van der Waals surface area contributed by atoms with Gasteiger partial charge in [0.15, 0.2) is 5.78 Å². The molecular weight excluding hydrogens is 220 g/mol. The zero-order valence-corrected chi connectivity index (χ0v) is 11.5. The fraction of sp³-hybridized carbons (Fsp3) is 0.588. The molecule has 0 spiro atoms. The molecule has 2 aliphatic rings. The summed E-state index contributed by atoms with van der Waals surface area (Å²) in [6.45, 7) is 4.44. The monoisotopic (exact) mass is 242 g/mol. The van der Waals surface area contributed by atoms with Gasteiger partial charge in [-0.2, -0.15) is 0 Å². The van der Waals surface area contributed by atoms with Gasteiger partial charge in [-0.25, -0.2) is 0 Å². The quantitative estimate of drug-likeness (QED) is 0.626. The van der Waals surface area contributed by atoms with Gasteiger partial charge >= 0.3 is 0 Å². The molecule has 0 N–H and O–H groups in total. The Morgan fingerprint density at radius 1 is 0.944 bits per heavy atom. The van der Waals surface area contributed by atoms with Gasteiger partial charge < -0.3 is 0 Å². The molecule has 0 unspecified atom stereocenters. The molecule has 0 radical (unpaired) electrons. The van der Waals surface area contributed by atoms with Gasteiger partial charge in [0.05, 0.1) is 0 Å². The number of hydrogen-bond donors (Lipinski definition) is 0. The minimum Gasteiger partial charge on any atom is -0.294 e. The van der Waals surface area contributed by atoms with Gasteiger partial charge in [-0.15, -0.1) is 0 Å². The van der Waals surface area contributed by atoms with Gasteiger partial charge in [-0.3, -0.25) is 4.79 Å². The van der Waals surface area contributed by atoms with E-state index >= 15 is 0 Å². The molecule has 18 heavy (non-hydrogen) atoms. The van der Waals surface area contributed by atoms with Crippen LogP contribution in [0.15, 0.2) is 12.1 Å². The summed E-state index contributed by atoms with van der Waals surface area (Å²) in [5.41, 5.74) is 5.45. The van der Waals surface area contributed by atoms with E-state index in [1.165, 1.54) is 42.4 Å². The van der Waals surface area contributed by atoms with Crippen molar-refractivity contribution >= 4 is 5.78 Å². The highest BCUT2D eigenvalue weighted by Gasteiger charge is 2.29. The Morgan fingerprint density at radius 2 is 1.61 bits per heavy atom. The van der Waals surface area contributed by atoms with E-state index in [0.29, 0.717) is 12.2 Å². The molecule has 0 atom stereocenters. The molecule has 0 aromatic heterocycles. The Kier molecular flexibility index (Phi) is 2.80. The molecule has 1 aromatic rings. The summed E-state index contributed by atoms with van der Waals surface area (Å²) >= 11 is 0. The summed E-state index contributed by atoms with van der Waals surface area (Å²) in [4.78, 5) is 12.4. The highest BCUT2D eigenvalue weighted by atomic mass is 16.1. The van der Waals surface area contributed by atoms with E-state index in [1.54, 1.807) is 0 Å². The third-order valence-electron chi connectivity index (χ3n) is 4.58. The molecule has 1 nitrogen and oxygen atoms in total. The molecule has 0 amide bonds. The second-order valence-corrected chi connectivity index (χ2v) is 6.75. The van der Waals surface area contributed by atoms with Crippen molar-refractivity contribution in [2.75, 3.05) is 0 Å². The van der Waals surface area contributed by atoms with E-state index in [2.05, 4.69) is 26.0 Å². The normalized spacial score (nSPS) is 22.0. The lowest BCUT2D eigenvalue weighted by Gasteiger charge is -2.20. The van der Waals surface area contributed by atoms with Crippen LogP contribution >= 0.6 is 0 Å². The average molecular weight is 242 g/mol. The highest BCUT2D eigenvalue weighted by Crippen LogP contribution is 2.35. The number of aryl methyl sites for hydroxylation is 3. The van der Waals surface area contributed by atoms with E-state index in [1.807, 2.05) is 0 Å². The molecule has 0 bridgehead atoms. The molecule has 0 aliphatic heterocycles.